The summed E-state index contributed by atoms with van der Waals surface area (Å²) in [7, 11) is 1.69. The molecule has 3 heterocycles. The lowest BCUT2D eigenvalue weighted by atomic mass is 9.86. The third kappa shape index (κ3) is 5.90. The average molecular weight is 502 g/mol. The number of unbranched alkanes of at least 4 members (excludes halogenated alkanes) is 1. The minimum atomic E-state index is -0.0112. The topological polar surface area (TPSA) is 75.7 Å². The van der Waals surface area contributed by atoms with Crippen molar-refractivity contribution < 1.29 is 14.3 Å². The predicted octanol–water partition coefficient (Wildman–Crippen LogP) is 6.51. The normalized spacial score (nSPS) is 20.3. The van der Waals surface area contributed by atoms with Crippen molar-refractivity contribution in [2.45, 2.75) is 63.8 Å². The van der Waals surface area contributed by atoms with Crippen molar-refractivity contribution in [3.05, 3.63) is 53.7 Å². The van der Waals surface area contributed by atoms with Gasteiger partial charge in [0.2, 0.25) is 0 Å². The molecule has 6 nitrogen and oxygen atoms in total. The van der Waals surface area contributed by atoms with Crippen LogP contribution in [0.5, 0.6) is 5.75 Å². The number of hydrogen-bond acceptors (Lipinski definition) is 4. The van der Waals surface area contributed by atoms with E-state index < -0.39 is 0 Å². The van der Waals surface area contributed by atoms with E-state index in [-0.39, 0.29) is 11.9 Å². The molecule has 5 rings (SSSR count). The van der Waals surface area contributed by atoms with Crippen LogP contribution in [0, 0.1) is 5.92 Å². The number of H-pyrrole nitrogens is 1. The van der Waals surface area contributed by atoms with Gasteiger partial charge in [0.05, 0.1) is 13.2 Å². The molecular weight excluding hydrogens is 462 g/mol. The van der Waals surface area contributed by atoms with E-state index in [0.717, 1.165) is 72.6 Å². The highest BCUT2D eigenvalue weighted by Gasteiger charge is 2.27. The number of nitrogens with zero attached hydrogens (tertiary/aromatic N) is 1. The molecule has 0 aliphatic carbocycles. The van der Waals surface area contributed by atoms with Crippen LogP contribution in [0.25, 0.3) is 22.0 Å². The maximum Gasteiger partial charge on any atom is 0.251 e. The van der Waals surface area contributed by atoms with Gasteiger partial charge in [0, 0.05) is 53.4 Å². The van der Waals surface area contributed by atoms with Crippen molar-refractivity contribution in [1.82, 2.24) is 10.3 Å². The fourth-order valence-corrected chi connectivity index (χ4v) is 5.84. The Labute approximate surface area is 219 Å². The summed E-state index contributed by atoms with van der Waals surface area (Å²) in [5, 5.41) is 4.21. The monoisotopic (exact) mass is 501 g/mol. The zero-order valence-electron chi connectivity index (χ0n) is 22.1. The van der Waals surface area contributed by atoms with Gasteiger partial charge in [-0.05, 0) is 87.1 Å². The van der Waals surface area contributed by atoms with Crippen molar-refractivity contribution in [2.75, 3.05) is 26.9 Å². The van der Waals surface area contributed by atoms with Crippen LogP contribution in [0.15, 0.2) is 47.5 Å². The Morgan fingerprint density at radius 3 is 2.81 bits per heavy atom. The predicted molar refractivity (Wildman–Crippen MR) is 150 cm³/mol. The summed E-state index contributed by atoms with van der Waals surface area (Å²) in [6.07, 6.45) is 9.80. The first-order valence-corrected chi connectivity index (χ1v) is 13.8. The number of aromatic nitrogens is 1. The van der Waals surface area contributed by atoms with Crippen LogP contribution in [0.2, 0.25) is 0 Å². The highest BCUT2D eigenvalue weighted by Crippen LogP contribution is 2.41. The van der Waals surface area contributed by atoms with Crippen LogP contribution < -0.4 is 10.1 Å². The van der Waals surface area contributed by atoms with Crippen LogP contribution in [-0.2, 0) is 4.74 Å². The highest BCUT2D eigenvalue weighted by molar-refractivity contribution is 6.04. The van der Waals surface area contributed by atoms with Gasteiger partial charge in [0.1, 0.15) is 5.75 Å². The number of aromatic amines is 1. The van der Waals surface area contributed by atoms with E-state index in [1.807, 2.05) is 36.5 Å². The minimum absolute atomic E-state index is 0.0112. The van der Waals surface area contributed by atoms with Gasteiger partial charge in [0.15, 0.2) is 0 Å². The molecule has 2 aliphatic heterocycles. The number of methoxy groups -OCH3 is 1. The van der Waals surface area contributed by atoms with Gasteiger partial charge in [-0.25, -0.2) is 0 Å². The Morgan fingerprint density at radius 2 is 2.00 bits per heavy atom. The molecule has 0 saturated carbocycles. The van der Waals surface area contributed by atoms with Crippen LogP contribution in [0.4, 0.5) is 0 Å². The second kappa shape index (κ2) is 12.0. The van der Waals surface area contributed by atoms with E-state index in [1.54, 1.807) is 7.11 Å². The lowest BCUT2D eigenvalue weighted by Gasteiger charge is -2.24. The Balaban J connectivity index is 1.36. The third-order valence-corrected chi connectivity index (χ3v) is 8.01. The molecule has 2 N–H and O–H groups in total. The molecular formula is C31H39N3O3. The van der Waals surface area contributed by atoms with Crippen molar-refractivity contribution in [1.29, 1.82) is 0 Å². The smallest absolute Gasteiger partial charge is 0.251 e. The molecule has 37 heavy (non-hydrogen) atoms. The number of ether oxygens (including phenoxy) is 2. The van der Waals surface area contributed by atoms with Gasteiger partial charge < -0.3 is 19.8 Å². The molecule has 6 heteroatoms. The second-order valence-electron chi connectivity index (χ2n) is 10.5. The number of nitrogens with one attached hydrogen (secondary N) is 2. The Kier molecular flexibility index (Phi) is 8.24. The first-order valence-electron chi connectivity index (χ1n) is 13.8. The van der Waals surface area contributed by atoms with Gasteiger partial charge in [-0.2, -0.15) is 0 Å². The van der Waals surface area contributed by atoms with E-state index in [4.69, 9.17) is 14.5 Å². The zero-order valence-corrected chi connectivity index (χ0v) is 22.1. The van der Waals surface area contributed by atoms with E-state index in [2.05, 4.69) is 29.4 Å². The number of rotatable bonds is 9. The number of amides is 1. The maximum atomic E-state index is 13.1. The van der Waals surface area contributed by atoms with Crippen molar-refractivity contribution >= 4 is 23.0 Å². The number of carbonyl (C=O) groups is 1. The summed E-state index contributed by atoms with van der Waals surface area (Å²) in [5.74, 6) is 1.89. The quantitative estimate of drug-likeness (QED) is 0.328. The SMILES string of the molecule is COc1cccc(-c2c(C3CCC=NC3C)[nH]c3ccc(C(=O)NCCCCC4CCOCC4)cc23)c1. The van der Waals surface area contributed by atoms with E-state index in [0.29, 0.717) is 18.0 Å². The Hall–Kier alpha value is -3.12. The largest absolute Gasteiger partial charge is 0.497 e. The van der Waals surface area contributed by atoms with Crippen LogP contribution in [-0.4, -0.2) is 50.0 Å². The first kappa shape index (κ1) is 25.5. The lowest BCUT2D eigenvalue weighted by Crippen LogP contribution is -2.24. The molecule has 1 saturated heterocycles. The van der Waals surface area contributed by atoms with Gasteiger partial charge in [0.25, 0.3) is 5.91 Å². The van der Waals surface area contributed by atoms with Gasteiger partial charge in [-0.15, -0.1) is 0 Å². The number of hydrogen-bond donors (Lipinski definition) is 2. The molecule has 196 valence electrons. The second-order valence-corrected chi connectivity index (χ2v) is 10.5. The molecule has 1 amide bonds. The van der Waals surface area contributed by atoms with Crippen LogP contribution in [0.3, 0.4) is 0 Å². The van der Waals surface area contributed by atoms with Crippen LogP contribution in [0.1, 0.15) is 73.8 Å². The summed E-state index contributed by atoms with van der Waals surface area (Å²) in [6.45, 7) is 4.69. The number of carbonyl (C=O) groups excluding carboxylic acids is 1. The lowest BCUT2D eigenvalue weighted by molar-refractivity contribution is 0.0631. The minimum Gasteiger partial charge on any atom is -0.497 e. The molecule has 2 aromatic carbocycles. The van der Waals surface area contributed by atoms with Crippen molar-refractivity contribution in [2.24, 2.45) is 10.9 Å². The van der Waals surface area contributed by atoms with Crippen molar-refractivity contribution in [3.63, 3.8) is 0 Å². The maximum absolute atomic E-state index is 13.1. The Bertz CT molecular complexity index is 1240. The molecule has 1 aromatic heterocycles. The molecule has 0 radical (unpaired) electrons. The standard InChI is InChI=1S/C31H39N3O3/c1-21-26(10-6-16-32-21)30-29(23-8-5-9-25(19-23)36-2)27-20-24(11-12-28(27)34-30)31(35)33-15-4-3-7-22-13-17-37-18-14-22/h5,8-9,11-12,16,19-22,26,34H,3-4,6-7,10,13-15,17-18H2,1-2H3,(H,33,35). The summed E-state index contributed by atoms with van der Waals surface area (Å²) in [4.78, 5) is 21.5. The third-order valence-electron chi connectivity index (χ3n) is 8.01. The van der Waals surface area contributed by atoms with Gasteiger partial charge in [-0.1, -0.05) is 25.0 Å². The summed E-state index contributed by atoms with van der Waals surface area (Å²) >= 11 is 0. The fourth-order valence-electron chi connectivity index (χ4n) is 5.84. The molecule has 3 aromatic rings. The molecule has 1 fully saturated rings. The number of fused-ring (bicyclic) bond motifs is 1. The highest BCUT2D eigenvalue weighted by atomic mass is 16.5. The molecule has 0 bridgehead atoms. The summed E-state index contributed by atoms with van der Waals surface area (Å²) in [5.41, 5.74) is 5.17. The molecule has 2 unspecified atom stereocenters. The van der Waals surface area contributed by atoms with E-state index in [1.165, 1.54) is 25.0 Å². The zero-order chi connectivity index (χ0) is 25.6. The molecule has 2 aliphatic rings. The molecule has 2 atom stereocenters. The fraction of sp³-hybridized carbons (Fsp3) is 0.484. The number of aliphatic imine (C=N–C) groups is 1. The Morgan fingerprint density at radius 1 is 1.14 bits per heavy atom. The molecule has 0 spiro atoms. The summed E-state index contributed by atoms with van der Waals surface area (Å²) < 4.78 is 11.0. The van der Waals surface area contributed by atoms with Crippen LogP contribution >= 0.6 is 0 Å². The van der Waals surface area contributed by atoms with E-state index >= 15 is 0 Å². The number of benzene rings is 2. The average Bonchev–Trinajstić information content (AvgIpc) is 3.32. The summed E-state index contributed by atoms with van der Waals surface area (Å²) in [6, 6.07) is 14.4. The van der Waals surface area contributed by atoms with Gasteiger partial charge >= 0.3 is 0 Å². The van der Waals surface area contributed by atoms with Crippen molar-refractivity contribution in [3.8, 4) is 16.9 Å². The van der Waals surface area contributed by atoms with E-state index in [9.17, 15) is 4.79 Å². The first-order chi connectivity index (χ1) is 18.1. The van der Waals surface area contributed by atoms with Gasteiger partial charge in [-0.3, -0.25) is 9.79 Å².